The number of aromatic nitrogens is 6. The molecule has 6 aromatic rings. The van der Waals surface area contributed by atoms with Gasteiger partial charge in [-0.15, -0.1) is 6.42 Å². The number of likely N-dealkylation sites (tertiary alicyclic amines) is 3. The number of hydrogen-bond donors (Lipinski definition) is 5. The lowest BCUT2D eigenvalue weighted by atomic mass is 9.93. The van der Waals surface area contributed by atoms with E-state index in [2.05, 4.69) is 62.4 Å². The molecule has 12 rings (SSSR count). The molecule has 22 nitrogen and oxygen atoms in total. The summed E-state index contributed by atoms with van der Waals surface area (Å²) in [5, 5.41) is 20.0. The number of morpholine rings is 2. The predicted molar refractivity (Wildman–Crippen MR) is 339 cm³/mol. The Labute approximate surface area is 514 Å². The number of methoxy groups -OCH3 is 1. The van der Waals surface area contributed by atoms with Crippen molar-refractivity contribution >= 4 is 17.8 Å². The van der Waals surface area contributed by atoms with E-state index < -0.39 is 0 Å². The summed E-state index contributed by atoms with van der Waals surface area (Å²) in [7, 11) is 1.55. The molecule has 470 valence electrons. The zero-order chi connectivity index (χ0) is 61.2. The van der Waals surface area contributed by atoms with E-state index in [-0.39, 0.29) is 46.6 Å². The van der Waals surface area contributed by atoms with Gasteiger partial charge in [0.05, 0.1) is 57.2 Å². The van der Waals surface area contributed by atoms with E-state index in [1.54, 1.807) is 43.5 Å². The van der Waals surface area contributed by atoms with Crippen molar-refractivity contribution in [1.29, 1.82) is 0 Å². The van der Waals surface area contributed by atoms with Crippen LogP contribution in [0.2, 0.25) is 0 Å². The van der Waals surface area contributed by atoms with Crippen molar-refractivity contribution in [2.24, 2.45) is 0 Å². The Morgan fingerprint density at radius 1 is 0.523 bits per heavy atom. The fourth-order valence-corrected chi connectivity index (χ4v) is 12.6. The van der Waals surface area contributed by atoms with Gasteiger partial charge in [0.2, 0.25) is 17.8 Å². The third-order valence-electron chi connectivity index (χ3n) is 17.2. The number of nitrogens with one attached hydrogen (secondary N) is 3. The average Bonchev–Trinajstić information content (AvgIpc) is 3.73. The SMILES string of the molecule is C#CCOc1ccc(CN2CCC(c3cc(=O)[nH]c(N4CCOCC4)n3)CC2)cc1.CCOc1cc(CN2CCCC(c3cc(=O)[nH]c(N4CCOCC4)n3)C2)ccc1O.COc1ccc(CN2CCCC(c3cc(=O)[nH]c(N4CCCC4)n3)C2)cc1O. The maximum atomic E-state index is 12.3. The van der Waals surface area contributed by atoms with E-state index in [0.717, 1.165) is 189 Å². The van der Waals surface area contributed by atoms with Gasteiger partial charge in [-0.25, -0.2) is 15.0 Å². The van der Waals surface area contributed by atoms with Crippen LogP contribution in [0.4, 0.5) is 17.8 Å². The van der Waals surface area contributed by atoms with Crippen LogP contribution in [0, 0.1) is 12.3 Å². The molecule has 0 amide bonds. The Hall–Kier alpha value is -7.94. The fraction of sp³-hybridized carbons (Fsp3) is 0.515. The molecule has 2 unspecified atom stereocenters. The Morgan fingerprint density at radius 2 is 1.00 bits per heavy atom. The zero-order valence-electron chi connectivity index (χ0n) is 51.0. The molecule has 0 spiro atoms. The van der Waals surface area contributed by atoms with E-state index in [1.165, 1.54) is 5.56 Å². The first-order valence-electron chi connectivity index (χ1n) is 31.3. The number of hydrogen-bond acceptors (Lipinski definition) is 19. The zero-order valence-corrected chi connectivity index (χ0v) is 51.0. The molecule has 0 saturated carbocycles. The number of benzene rings is 3. The molecular weight excluding hydrogens is 1120 g/mol. The molecule has 5 N–H and O–H groups in total. The van der Waals surface area contributed by atoms with Crippen molar-refractivity contribution in [3.63, 3.8) is 0 Å². The van der Waals surface area contributed by atoms with Crippen LogP contribution in [0.1, 0.15) is 110 Å². The highest BCUT2D eigenvalue weighted by molar-refractivity contribution is 5.43. The lowest BCUT2D eigenvalue weighted by molar-refractivity contribution is 0.122. The summed E-state index contributed by atoms with van der Waals surface area (Å²) in [6, 6.07) is 24.2. The number of ether oxygens (including phenoxy) is 5. The molecular formula is C66H86N12O10. The van der Waals surface area contributed by atoms with Gasteiger partial charge in [0.15, 0.2) is 23.0 Å². The summed E-state index contributed by atoms with van der Waals surface area (Å²) in [5.41, 5.74) is 5.85. The van der Waals surface area contributed by atoms with Crippen molar-refractivity contribution in [3.05, 3.63) is 144 Å². The lowest BCUT2D eigenvalue weighted by Gasteiger charge is -2.33. The maximum absolute atomic E-state index is 12.3. The molecule has 6 aliphatic heterocycles. The number of anilines is 3. The van der Waals surface area contributed by atoms with Crippen molar-refractivity contribution in [3.8, 4) is 41.1 Å². The van der Waals surface area contributed by atoms with Gasteiger partial charge in [-0.1, -0.05) is 30.2 Å². The van der Waals surface area contributed by atoms with E-state index in [1.807, 2.05) is 37.3 Å². The Bertz CT molecular complexity index is 3420. The Balaban J connectivity index is 0.000000146. The summed E-state index contributed by atoms with van der Waals surface area (Å²) in [4.78, 5) is 73.3. The number of terminal acetylenes is 1. The van der Waals surface area contributed by atoms with Crippen molar-refractivity contribution in [1.82, 2.24) is 44.6 Å². The predicted octanol–water partition coefficient (Wildman–Crippen LogP) is 6.55. The molecule has 3 aromatic carbocycles. The molecule has 2 atom stereocenters. The monoisotopic (exact) mass is 1210 g/mol. The summed E-state index contributed by atoms with van der Waals surface area (Å²) in [5.74, 6) is 7.47. The van der Waals surface area contributed by atoms with Gasteiger partial charge in [-0.05, 0) is 138 Å². The average molecular weight is 1210 g/mol. The molecule has 22 heteroatoms. The number of aromatic hydroxyl groups is 2. The number of rotatable bonds is 17. The molecule has 6 fully saturated rings. The number of piperidine rings is 3. The number of H-pyrrole nitrogens is 3. The van der Waals surface area contributed by atoms with Gasteiger partial charge in [0.1, 0.15) is 12.4 Å². The lowest BCUT2D eigenvalue weighted by Crippen LogP contribution is -2.39. The number of phenolic OH excluding ortho intramolecular Hbond substituents is 2. The highest BCUT2D eigenvalue weighted by Crippen LogP contribution is 2.33. The van der Waals surface area contributed by atoms with Crippen LogP contribution in [-0.2, 0) is 29.1 Å². The highest BCUT2D eigenvalue weighted by Gasteiger charge is 2.28. The Morgan fingerprint density at radius 3 is 1.50 bits per heavy atom. The van der Waals surface area contributed by atoms with E-state index >= 15 is 0 Å². The minimum atomic E-state index is -0.0986. The normalized spacial score (nSPS) is 19.6. The molecule has 0 aliphatic carbocycles. The second-order valence-corrected chi connectivity index (χ2v) is 23.5. The molecule has 9 heterocycles. The van der Waals surface area contributed by atoms with Crippen molar-refractivity contribution < 1.29 is 33.9 Å². The van der Waals surface area contributed by atoms with Gasteiger partial charge >= 0.3 is 0 Å². The van der Waals surface area contributed by atoms with E-state index in [0.29, 0.717) is 62.3 Å². The number of phenols is 2. The van der Waals surface area contributed by atoms with Gasteiger partial charge in [0, 0.05) is 108 Å². The molecule has 88 heavy (non-hydrogen) atoms. The maximum Gasteiger partial charge on any atom is 0.252 e. The van der Waals surface area contributed by atoms with Crippen LogP contribution in [0.3, 0.4) is 0 Å². The standard InChI is InChI=1S/C23H28N4O3.C22H30N4O4.C21H28N4O3/c1-2-13-30-20-5-3-18(4-6-20)17-26-9-7-19(8-10-26)21-16-22(28)25-23(24-21)27-11-14-29-15-12-27;1-2-30-20-12-16(5-6-19(20)27)14-25-7-3-4-17(15-25)18-13-21(28)24-22(23-18)26-8-10-29-11-9-26;1-28-19-7-6-15(11-18(19)26)13-24-8-4-5-16(14-24)17-12-20(27)23-21(22-17)25-9-2-3-10-25/h1,3-6,16,19H,7-15,17H2,(H,24,25,28);5-6,12-13,17,27H,2-4,7-11,14-15H2,1H3,(H,23,24,28);6-7,11-12,16,26H,2-5,8-10,13-14H2,1H3,(H,22,23,27). The summed E-state index contributed by atoms with van der Waals surface area (Å²) < 4.78 is 26.9. The summed E-state index contributed by atoms with van der Waals surface area (Å²) >= 11 is 0. The first-order chi connectivity index (χ1) is 42.9. The second kappa shape index (κ2) is 31.3. The molecule has 3 aromatic heterocycles. The molecule has 0 bridgehead atoms. The third kappa shape index (κ3) is 17.6. The van der Waals surface area contributed by atoms with Gasteiger partial charge < -0.3 is 48.6 Å². The largest absolute Gasteiger partial charge is 0.504 e. The van der Waals surface area contributed by atoms with Crippen LogP contribution < -0.4 is 45.6 Å². The molecule has 0 radical (unpaired) electrons. The topological polar surface area (TPSA) is 243 Å². The fourth-order valence-electron chi connectivity index (χ4n) is 12.6. The van der Waals surface area contributed by atoms with Crippen LogP contribution in [-0.4, -0.2) is 180 Å². The van der Waals surface area contributed by atoms with Gasteiger partial charge in [-0.3, -0.25) is 44.0 Å². The summed E-state index contributed by atoms with van der Waals surface area (Å²) in [6.45, 7) is 18.4. The van der Waals surface area contributed by atoms with Gasteiger partial charge in [0.25, 0.3) is 16.7 Å². The molecule has 6 aliphatic rings. The van der Waals surface area contributed by atoms with Crippen LogP contribution in [0.15, 0.2) is 93.2 Å². The van der Waals surface area contributed by atoms with E-state index in [9.17, 15) is 24.6 Å². The Kier molecular flexibility index (Phi) is 22.4. The first-order valence-corrected chi connectivity index (χ1v) is 31.3. The third-order valence-corrected chi connectivity index (χ3v) is 17.2. The van der Waals surface area contributed by atoms with Crippen molar-refractivity contribution in [2.45, 2.75) is 95.7 Å². The molecule has 6 saturated heterocycles. The minimum absolute atomic E-state index is 0.0656. The highest BCUT2D eigenvalue weighted by atomic mass is 16.5. The van der Waals surface area contributed by atoms with Crippen LogP contribution in [0.25, 0.3) is 0 Å². The van der Waals surface area contributed by atoms with Gasteiger partial charge in [-0.2, -0.15) is 0 Å². The second-order valence-electron chi connectivity index (χ2n) is 23.5. The smallest absolute Gasteiger partial charge is 0.252 e. The van der Waals surface area contributed by atoms with Crippen LogP contribution in [0.5, 0.6) is 28.7 Å². The van der Waals surface area contributed by atoms with Crippen LogP contribution >= 0.6 is 0 Å². The minimum Gasteiger partial charge on any atom is -0.504 e. The quantitative estimate of drug-likeness (QED) is 0.0608. The van der Waals surface area contributed by atoms with Crippen molar-refractivity contribution in [2.75, 3.05) is 140 Å². The first kappa shape index (κ1) is 63.1. The number of nitrogens with zero attached hydrogens (tertiary/aromatic N) is 9. The summed E-state index contributed by atoms with van der Waals surface area (Å²) in [6.07, 6.45) is 13.7. The number of aromatic amines is 3. The van der Waals surface area contributed by atoms with E-state index in [4.69, 9.17) is 45.1 Å².